The minimum Gasteiger partial charge on any atom is -0.480 e. The molecule has 2 atom stereocenters. The summed E-state index contributed by atoms with van der Waals surface area (Å²) in [7, 11) is 0. The smallest absolute Gasteiger partial charge is 0.320 e. The molecule has 1 rings (SSSR count). The molecular weight excluding hydrogens is 532 g/mol. The van der Waals surface area contributed by atoms with E-state index in [4.69, 9.17) is 0 Å². The second-order valence-corrected chi connectivity index (χ2v) is 15.5. The average molecular weight is 609 g/mol. The second kappa shape index (κ2) is 29.5. The van der Waals surface area contributed by atoms with Crippen LogP contribution in [0.25, 0.3) is 0 Å². The third kappa shape index (κ3) is 22.3. The van der Waals surface area contributed by atoms with Gasteiger partial charge >= 0.3 is 5.97 Å². The van der Waals surface area contributed by atoms with Gasteiger partial charge in [-0.1, -0.05) is 219 Å². The van der Waals surface area contributed by atoms with E-state index in [-0.39, 0.29) is 0 Å². The van der Waals surface area contributed by atoms with Crippen molar-refractivity contribution in [3.63, 3.8) is 0 Å². The van der Waals surface area contributed by atoms with E-state index in [9.17, 15) is 9.90 Å². The maximum atomic E-state index is 12.0. The molecule has 0 aromatic rings. The van der Waals surface area contributed by atoms with Crippen LogP contribution in [0, 0.1) is 0 Å². The van der Waals surface area contributed by atoms with Gasteiger partial charge < -0.3 is 5.11 Å². The molecule has 0 radical (unpaired) electrons. The van der Waals surface area contributed by atoms with Gasteiger partial charge in [-0.2, -0.15) is 0 Å². The number of carboxylic acid groups (broad SMARTS) is 1. The summed E-state index contributed by atoms with van der Waals surface area (Å²) in [6.07, 6.45) is 46.4. The van der Waals surface area contributed by atoms with Crippen molar-refractivity contribution < 1.29 is 9.90 Å². The molecule has 0 spiro atoms. The predicted octanol–water partition coefficient (Wildman–Crippen LogP) is 14.2. The first-order valence-electron chi connectivity index (χ1n) is 19.6. The van der Waals surface area contributed by atoms with Crippen molar-refractivity contribution in [3.05, 3.63) is 0 Å². The molecular formula is C39H76O2S. The Bertz CT molecular complexity index is 579. The third-order valence-corrected chi connectivity index (χ3v) is 11.7. The Labute approximate surface area is 269 Å². The van der Waals surface area contributed by atoms with E-state index in [0.29, 0.717) is 5.25 Å². The van der Waals surface area contributed by atoms with Crippen LogP contribution in [0.3, 0.4) is 0 Å². The van der Waals surface area contributed by atoms with Gasteiger partial charge in [0.05, 0.1) is 0 Å². The van der Waals surface area contributed by atoms with Gasteiger partial charge in [-0.3, -0.25) is 4.79 Å². The largest absolute Gasteiger partial charge is 0.480 e. The molecule has 250 valence electrons. The topological polar surface area (TPSA) is 37.3 Å². The Balaban J connectivity index is 1.85. The normalized spacial score (nSPS) is 18.1. The van der Waals surface area contributed by atoms with Gasteiger partial charge in [-0.15, -0.1) is 11.8 Å². The summed E-state index contributed by atoms with van der Waals surface area (Å²) in [5.41, 5.74) is 0. The van der Waals surface area contributed by atoms with E-state index in [1.807, 2.05) is 0 Å². The molecule has 1 fully saturated rings. The summed E-state index contributed by atoms with van der Waals surface area (Å²) < 4.78 is -0.425. The molecule has 42 heavy (non-hydrogen) atoms. The molecule has 2 unspecified atom stereocenters. The van der Waals surface area contributed by atoms with Crippen molar-refractivity contribution in [2.24, 2.45) is 0 Å². The van der Waals surface area contributed by atoms with Crippen molar-refractivity contribution in [2.75, 3.05) is 0 Å². The van der Waals surface area contributed by atoms with Gasteiger partial charge in [-0.05, 0) is 12.8 Å². The van der Waals surface area contributed by atoms with Crippen LogP contribution in [0.5, 0.6) is 0 Å². The van der Waals surface area contributed by atoms with Crippen LogP contribution in [-0.2, 0) is 4.79 Å². The summed E-state index contributed by atoms with van der Waals surface area (Å²) in [5.74, 6) is -0.532. The molecule has 0 bridgehead atoms. The van der Waals surface area contributed by atoms with Gasteiger partial charge in [0.15, 0.2) is 0 Å². The maximum Gasteiger partial charge on any atom is 0.320 e. The number of hydrogen-bond acceptors (Lipinski definition) is 2. The molecule has 0 aromatic carbocycles. The first-order valence-corrected chi connectivity index (χ1v) is 20.5. The molecule has 0 saturated carbocycles. The van der Waals surface area contributed by atoms with Crippen LogP contribution in [0.2, 0.25) is 0 Å². The van der Waals surface area contributed by atoms with Crippen LogP contribution >= 0.6 is 11.8 Å². The Hall–Kier alpha value is -0.180. The van der Waals surface area contributed by atoms with E-state index >= 15 is 0 Å². The number of rotatable bonds is 35. The van der Waals surface area contributed by atoms with Crippen LogP contribution in [-0.4, -0.2) is 21.1 Å². The van der Waals surface area contributed by atoms with E-state index in [2.05, 4.69) is 13.8 Å². The fourth-order valence-corrected chi connectivity index (χ4v) is 8.26. The minimum atomic E-state index is -0.532. The molecule has 0 aromatic heterocycles. The van der Waals surface area contributed by atoms with Crippen molar-refractivity contribution in [1.29, 1.82) is 0 Å². The van der Waals surface area contributed by atoms with E-state index in [0.717, 1.165) is 19.3 Å². The molecule has 0 amide bonds. The van der Waals surface area contributed by atoms with Gasteiger partial charge in [0, 0.05) is 5.25 Å². The molecule has 1 aliphatic heterocycles. The first-order chi connectivity index (χ1) is 20.7. The minimum absolute atomic E-state index is 0.387. The summed E-state index contributed by atoms with van der Waals surface area (Å²) in [4.78, 5) is 12.0. The number of carboxylic acids is 1. The highest BCUT2D eigenvalue weighted by Crippen LogP contribution is 2.59. The maximum absolute atomic E-state index is 12.0. The van der Waals surface area contributed by atoms with Crippen molar-refractivity contribution in [2.45, 2.75) is 242 Å². The zero-order chi connectivity index (χ0) is 30.4. The van der Waals surface area contributed by atoms with Crippen LogP contribution in [0.15, 0.2) is 0 Å². The average Bonchev–Trinajstić information content (AvgIpc) is 3.71. The summed E-state index contributed by atoms with van der Waals surface area (Å²) in [5, 5.41) is 10.3. The number of unbranched alkanes of at least 4 members (excludes halogenated alkanes) is 30. The Morgan fingerprint density at radius 2 is 0.714 bits per heavy atom. The zero-order valence-corrected chi connectivity index (χ0v) is 29.7. The SMILES string of the molecule is CCCCCCCCCCCCCCCCCCC1SC1(CCCCCCCCCCCCCCCCCC)C(=O)O. The number of thioether (sulfide) groups is 1. The van der Waals surface area contributed by atoms with Gasteiger partial charge in [0.25, 0.3) is 0 Å². The van der Waals surface area contributed by atoms with Gasteiger partial charge in [0.2, 0.25) is 0 Å². The fourth-order valence-electron chi connectivity index (χ4n) is 6.84. The summed E-state index contributed by atoms with van der Waals surface area (Å²) in [6, 6.07) is 0. The summed E-state index contributed by atoms with van der Waals surface area (Å²) in [6.45, 7) is 4.58. The first kappa shape index (κ1) is 39.8. The Kier molecular flexibility index (Phi) is 28.0. The third-order valence-electron chi connectivity index (χ3n) is 9.90. The van der Waals surface area contributed by atoms with Crippen LogP contribution < -0.4 is 0 Å². The van der Waals surface area contributed by atoms with Gasteiger partial charge in [0.1, 0.15) is 4.75 Å². The number of carbonyl (C=O) groups is 1. The Morgan fingerprint density at radius 3 is 1.00 bits per heavy atom. The molecule has 1 saturated heterocycles. The quantitative estimate of drug-likeness (QED) is 0.0574. The lowest BCUT2D eigenvalue weighted by Gasteiger charge is -2.10. The highest BCUT2D eigenvalue weighted by atomic mass is 32.2. The zero-order valence-electron chi connectivity index (χ0n) is 28.9. The lowest BCUT2D eigenvalue weighted by Crippen LogP contribution is -2.26. The van der Waals surface area contributed by atoms with Crippen molar-refractivity contribution in [1.82, 2.24) is 0 Å². The van der Waals surface area contributed by atoms with Gasteiger partial charge in [-0.25, -0.2) is 0 Å². The van der Waals surface area contributed by atoms with Crippen molar-refractivity contribution in [3.8, 4) is 0 Å². The Morgan fingerprint density at radius 1 is 0.452 bits per heavy atom. The standard InChI is InChI=1S/C39H76O2S/c1-3-5-7-9-11-13-15-17-19-21-23-25-27-29-31-33-35-37-39(42-37,38(40)41)36-34-32-30-28-26-24-22-20-18-16-14-12-10-8-6-4-2/h37H,3-36H2,1-2H3,(H,40,41). The molecule has 1 aliphatic rings. The molecule has 1 N–H and O–H groups in total. The molecule has 2 nitrogen and oxygen atoms in total. The monoisotopic (exact) mass is 609 g/mol. The highest BCUT2D eigenvalue weighted by Gasteiger charge is 2.60. The second-order valence-electron chi connectivity index (χ2n) is 13.9. The number of hydrogen-bond donors (Lipinski definition) is 1. The molecule has 1 heterocycles. The number of aliphatic carboxylic acids is 1. The fraction of sp³-hybridized carbons (Fsp3) is 0.974. The lowest BCUT2D eigenvalue weighted by molar-refractivity contribution is -0.139. The van der Waals surface area contributed by atoms with Crippen LogP contribution in [0.1, 0.15) is 232 Å². The van der Waals surface area contributed by atoms with E-state index < -0.39 is 10.7 Å². The molecule has 0 aliphatic carbocycles. The van der Waals surface area contributed by atoms with E-state index in [1.54, 1.807) is 11.8 Å². The lowest BCUT2D eigenvalue weighted by atomic mass is 9.94. The highest BCUT2D eigenvalue weighted by molar-refractivity contribution is 8.09. The van der Waals surface area contributed by atoms with E-state index in [1.165, 1.54) is 199 Å². The van der Waals surface area contributed by atoms with Crippen molar-refractivity contribution >= 4 is 17.7 Å². The summed E-state index contributed by atoms with van der Waals surface area (Å²) >= 11 is 1.77. The molecule has 3 heteroatoms. The predicted molar refractivity (Wildman–Crippen MR) is 190 cm³/mol. The van der Waals surface area contributed by atoms with Crippen LogP contribution in [0.4, 0.5) is 0 Å².